The van der Waals surface area contributed by atoms with E-state index in [1.54, 1.807) is 6.20 Å². The summed E-state index contributed by atoms with van der Waals surface area (Å²) in [6, 6.07) is 6.27. The number of hydrogen-bond acceptors (Lipinski definition) is 4. The van der Waals surface area contributed by atoms with Crippen LogP contribution in [-0.2, 0) is 19.4 Å². The fourth-order valence-corrected chi connectivity index (χ4v) is 3.18. The Morgan fingerprint density at radius 2 is 2.22 bits per heavy atom. The SMILES string of the molecule is OC1Cc2ccc(NCc3cnc(Cl)s3)cc2C1. The molecule has 0 radical (unpaired) electrons. The van der Waals surface area contributed by atoms with E-state index in [0.29, 0.717) is 4.47 Å². The maximum absolute atomic E-state index is 9.61. The van der Waals surface area contributed by atoms with Crippen molar-refractivity contribution >= 4 is 28.6 Å². The predicted octanol–water partition coefficient (Wildman–Crippen LogP) is 2.87. The molecule has 1 aromatic heterocycles. The van der Waals surface area contributed by atoms with Crippen molar-refractivity contribution in [3.05, 3.63) is 44.9 Å². The van der Waals surface area contributed by atoms with Gasteiger partial charge < -0.3 is 10.4 Å². The number of anilines is 1. The van der Waals surface area contributed by atoms with E-state index in [0.717, 1.165) is 30.0 Å². The molecule has 0 amide bonds. The van der Waals surface area contributed by atoms with Gasteiger partial charge in [-0.3, -0.25) is 0 Å². The largest absolute Gasteiger partial charge is 0.392 e. The fraction of sp³-hybridized carbons (Fsp3) is 0.308. The Bertz CT molecular complexity index is 570. The summed E-state index contributed by atoms with van der Waals surface area (Å²) in [5.41, 5.74) is 3.58. The molecule has 1 aromatic carbocycles. The van der Waals surface area contributed by atoms with Crippen LogP contribution in [0.1, 0.15) is 16.0 Å². The van der Waals surface area contributed by atoms with Crippen molar-refractivity contribution in [1.82, 2.24) is 4.98 Å². The molecule has 1 unspecified atom stereocenters. The molecule has 0 spiro atoms. The highest BCUT2D eigenvalue weighted by molar-refractivity contribution is 7.15. The molecule has 5 heteroatoms. The number of fused-ring (bicyclic) bond motifs is 1. The maximum Gasteiger partial charge on any atom is 0.183 e. The van der Waals surface area contributed by atoms with Gasteiger partial charge in [-0.15, -0.1) is 11.3 Å². The number of halogens is 1. The van der Waals surface area contributed by atoms with Crippen LogP contribution in [-0.4, -0.2) is 16.2 Å². The van der Waals surface area contributed by atoms with Crippen molar-refractivity contribution in [2.45, 2.75) is 25.5 Å². The van der Waals surface area contributed by atoms with E-state index in [9.17, 15) is 5.11 Å². The molecule has 1 heterocycles. The Labute approximate surface area is 114 Å². The van der Waals surface area contributed by atoms with Crippen LogP contribution in [0.5, 0.6) is 0 Å². The van der Waals surface area contributed by atoms with Crippen LogP contribution in [0.15, 0.2) is 24.4 Å². The van der Waals surface area contributed by atoms with E-state index in [-0.39, 0.29) is 6.10 Å². The van der Waals surface area contributed by atoms with Crippen molar-refractivity contribution in [3.8, 4) is 0 Å². The normalized spacial score (nSPS) is 17.8. The van der Waals surface area contributed by atoms with Crippen LogP contribution in [0.2, 0.25) is 4.47 Å². The molecular weight excluding hydrogens is 268 g/mol. The van der Waals surface area contributed by atoms with Crippen LogP contribution in [0.4, 0.5) is 5.69 Å². The molecule has 2 aromatic rings. The van der Waals surface area contributed by atoms with Gasteiger partial charge in [0.25, 0.3) is 0 Å². The molecule has 1 aliphatic carbocycles. The predicted molar refractivity (Wildman–Crippen MR) is 74.3 cm³/mol. The first-order valence-electron chi connectivity index (χ1n) is 5.84. The third-order valence-corrected chi connectivity index (χ3v) is 4.22. The van der Waals surface area contributed by atoms with Gasteiger partial charge >= 0.3 is 0 Å². The number of rotatable bonds is 3. The van der Waals surface area contributed by atoms with Gasteiger partial charge in [0.2, 0.25) is 0 Å². The van der Waals surface area contributed by atoms with Crippen molar-refractivity contribution in [3.63, 3.8) is 0 Å². The summed E-state index contributed by atoms with van der Waals surface area (Å²) in [5, 5.41) is 13.0. The van der Waals surface area contributed by atoms with E-state index in [1.807, 2.05) is 0 Å². The molecule has 0 bridgehead atoms. The smallest absolute Gasteiger partial charge is 0.183 e. The summed E-state index contributed by atoms with van der Waals surface area (Å²) < 4.78 is 0.573. The second-order valence-electron chi connectivity index (χ2n) is 4.48. The first-order chi connectivity index (χ1) is 8.70. The molecule has 3 rings (SSSR count). The zero-order valence-electron chi connectivity index (χ0n) is 9.69. The monoisotopic (exact) mass is 280 g/mol. The van der Waals surface area contributed by atoms with Gasteiger partial charge in [-0.1, -0.05) is 17.7 Å². The molecule has 0 aliphatic heterocycles. The maximum atomic E-state index is 9.61. The lowest BCUT2D eigenvalue weighted by Gasteiger charge is -2.06. The van der Waals surface area contributed by atoms with E-state index in [4.69, 9.17) is 11.6 Å². The Kier molecular flexibility index (Phi) is 3.24. The van der Waals surface area contributed by atoms with Gasteiger partial charge in [0.1, 0.15) is 0 Å². The molecule has 94 valence electrons. The number of aliphatic hydroxyl groups is 1. The Hall–Kier alpha value is -1.10. The Morgan fingerprint density at radius 1 is 1.39 bits per heavy atom. The van der Waals surface area contributed by atoms with Crippen LogP contribution in [0, 0.1) is 0 Å². The summed E-state index contributed by atoms with van der Waals surface area (Å²) in [6.07, 6.45) is 3.12. The topological polar surface area (TPSA) is 45.1 Å². The lowest BCUT2D eigenvalue weighted by molar-refractivity contribution is 0.187. The average Bonchev–Trinajstić information content (AvgIpc) is 2.90. The van der Waals surface area contributed by atoms with Gasteiger partial charge in [0.15, 0.2) is 4.47 Å². The van der Waals surface area contributed by atoms with Crippen molar-refractivity contribution in [2.75, 3.05) is 5.32 Å². The van der Waals surface area contributed by atoms with Crippen molar-refractivity contribution in [2.24, 2.45) is 0 Å². The van der Waals surface area contributed by atoms with Gasteiger partial charge in [0.05, 0.1) is 12.6 Å². The van der Waals surface area contributed by atoms with E-state index in [2.05, 4.69) is 28.5 Å². The molecule has 3 nitrogen and oxygen atoms in total. The quantitative estimate of drug-likeness (QED) is 0.909. The number of aliphatic hydroxyl groups excluding tert-OH is 1. The lowest BCUT2D eigenvalue weighted by atomic mass is 10.1. The van der Waals surface area contributed by atoms with Crippen LogP contribution >= 0.6 is 22.9 Å². The van der Waals surface area contributed by atoms with Gasteiger partial charge in [-0.2, -0.15) is 0 Å². The third-order valence-electron chi connectivity index (χ3n) is 3.11. The molecule has 0 fully saturated rings. The average molecular weight is 281 g/mol. The Balaban J connectivity index is 1.69. The highest BCUT2D eigenvalue weighted by atomic mass is 35.5. The number of thiazole rings is 1. The summed E-state index contributed by atoms with van der Waals surface area (Å²) in [7, 11) is 0. The molecule has 0 saturated heterocycles. The van der Waals surface area contributed by atoms with Gasteiger partial charge in [0, 0.05) is 16.8 Å². The van der Waals surface area contributed by atoms with Gasteiger partial charge in [-0.05, 0) is 36.1 Å². The molecule has 0 saturated carbocycles. The summed E-state index contributed by atoms with van der Waals surface area (Å²) in [6.45, 7) is 0.728. The van der Waals surface area contributed by atoms with Crippen LogP contribution in [0.3, 0.4) is 0 Å². The standard InChI is InChI=1S/C13H13ClN2OS/c14-13-16-7-12(18-13)6-15-10-2-1-8-4-11(17)5-9(8)3-10/h1-3,7,11,15,17H,4-6H2. The highest BCUT2D eigenvalue weighted by Crippen LogP contribution is 2.26. The van der Waals surface area contributed by atoms with Gasteiger partial charge in [-0.25, -0.2) is 4.98 Å². The molecule has 18 heavy (non-hydrogen) atoms. The van der Waals surface area contributed by atoms with Crippen molar-refractivity contribution in [1.29, 1.82) is 0 Å². The van der Waals surface area contributed by atoms with E-state index >= 15 is 0 Å². The summed E-state index contributed by atoms with van der Waals surface area (Å²) in [5.74, 6) is 0. The summed E-state index contributed by atoms with van der Waals surface area (Å²) >= 11 is 7.27. The first-order valence-corrected chi connectivity index (χ1v) is 7.04. The zero-order chi connectivity index (χ0) is 12.5. The minimum Gasteiger partial charge on any atom is -0.392 e. The molecule has 1 aliphatic rings. The van der Waals surface area contributed by atoms with E-state index in [1.165, 1.54) is 22.5 Å². The number of nitrogens with one attached hydrogen (secondary N) is 1. The van der Waals surface area contributed by atoms with Crippen LogP contribution in [0.25, 0.3) is 0 Å². The fourth-order valence-electron chi connectivity index (χ4n) is 2.26. The number of hydrogen-bond donors (Lipinski definition) is 2. The summed E-state index contributed by atoms with van der Waals surface area (Å²) in [4.78, 5) is 5.12. The number of aromatic nitrogens is 1. The minimum atomic E-state index is -0.212. The first kappa shape index (κ1) is 12.0. The molecule has 1 atom stereocenters. The zero-order valence-corrected chi connectivity index (χ0v) is 11.3. The second-order valence-corrected chi connectivity index (χ2v) is 6.18. The van der Waals surface area contributed by atoms with Crippen LogP contribution < -0.4 is 5.32 Å². The lowest BCUT2D eigenvalue weighted by Crippen LogP contribution is -2.03. The second kappa shape index (κ2) is 4.88. The third kappa shape index (κ3) is 2.51. The van der Waals surface area contributed by atoms with E-state index < -0.39 is 0 Å². The number of nitrogens with zero attached hydrogens (tertiary/aromatic N) is 1. The number of benzene rings is 1. The highest BCUT2D eigenvalue weighted by Gasteiger charge is 2.18. The minimum absolute atomic E-state index is 0.212. The van der Waals surface area contributed by atoms with Crippen molar-refractivity contribution < 1.29 is 5.11 Å². The molecule has 2 N–H and O–H groups in total. The molecular formula is C13H13ClN2OS. The Morgan fingerprint density at radius 3 is 3.00 bits per heavy atom.